The maximum absolute atomic E-state index is 13.1. The number of carbonyl (C=O) groups is 1. The molecule has 0 bridgehead atoms. The van der Waals surface area contributed by atoms with E-state index in [0.29, 0.717) is 18.7 Å². The largest absolute Gasteiger partial charge is 0.358 e. The van der Waals surface area contributed by atoms with Crippen molar-refractivity contribution in [1.29, 1.82) is 0 Å². The molecule has 172 valence electrons. The van der Waals surface area contributed by atoms with Gasteiger partial charge in [0.25, 0.3) is 21.6 Å². The van der Waals surface area contributed by atoms with Crippen LogP contribution in [0.3, 0.4) is 0 Å². The number of anilines is 1. The number of sulfonamides is 1. The van der Waals surface area contributed by atoms with Gasteiger partial charge in [0.1, 0.15) is 0 Å². The number of nitrogens with zero attached hydrogens (tertiary/aromatic N) is 2. The number of benzene rings is 3. The lowest BCUT2D eigenvalue weighted by atomic mass is 10.0. The van der Waals surface area contributed by atoms with Gasteiger partial charge in [0.05, 0.1) is 9.82 Å². The normalized spacial score (nSPS) is 13.5. The maximum atomic E-state index is 13.1. The highest BCUT2D eigenvalue weighted by atomic mass is 32.2. The average Bonchev–Trinajstić information content (AvgIpc) is 3.22. The van der Waals surface area contributed by atoms with Crippen molar-refractivity contribution in [2.45, 2.75) is 17.9 Å². The highest BCUT2D eigenvalue weighted by Crippen LogP contribution is 2.28. The number of para-hydroxylation sites is 1. The van der Waals surface area contributed by atoms with Gasteiger partial charge in [0, 0.05) is 65.1 Å². The number of nitro groups is 1. The number of nitrogens with one attached hydrogen (secondary N) is 2. The van der Waals surface area contributed by atoms with Gasteiger partial charge >= 0.3 is 0 Å². The molecule has 2 heterocycles. The van der Waals surface area contributed by atoms with Crippen LogP contribution in [0.4, 0.5) is 11.4 Å². The maximum Gasteiger partial charge on any atom is 0.270 e. The molecule has 9 nitrogen and oxygen atoms in total. The highest BCUT2D eigenvalue weighted by molar-refractivity contribution is 7.92. The third kappa shape index (κ3) is 3.99. The number of aromatic amines is 1. The standard InChI is InChI=1S/C24H20N4O5S/c29-24(27-13-12-23-21(15-27)20-6-1-2-7-22(20)25-23)16-8-10-17(11-9-16)26-34(32,33)19-5-3-4-18(14-19)28(30)31/h1-11,14,25-26H,12-13,15H2. The van der Waals surface area contributed by atoms with Crippen LogP contribution in [0, 0.1) is 10.1 Å². The molecule has 0 saturated heterocycles. The van der Waals surface area contributed by atoms with E-state index in [2.05, 4.69) is 9.71 Å². The predicted molar refractivity (Wildman–Crippen MR) is 127 cm³/mol. The lowest BCUT2D eigenvalue weighted by Crippen LogP contribution is -2.35. The zero-order valence-corrected chi connectivity index (χ0v) is 18.7. The average molecular weight is 477 g/mol. The lowest BCUT2D eigenvalue weighted by Gasteiger charge is -2.27. The molecular weight excluding hydrogens is 456 g/mol. The van der Waals surface area contributed by atoms with Gasteiger partial charge in [-0.25, -0.2) is 8.42 Å². The zero-order chi connectivity index (χ0) is 23.9. The Morgan fingerprint density at radius 2 is 1.79 bits per heavy atom. The first-order valence-electron chi connectivity index (χ1n) is 10.6. The molecule has 1 aliphatic rings. The Hall–Kier alpha value is -4.18. The second kappa shape index (κ2) is 8.31. The van der Waals surface area contributed by atoms with Crippen LogP contribution in [-0.4, -0.2) is 35.7 Å². The first kappa shape index (κ1) is 21.7. The quantitative estimate of drug-likeness (QED) is 0.332. The minimum Gasteiger partial charge on any atom is -0.358 e. The second-order valence-corrected chi connectivity index (χ2v) is 9.72. The SMILES string of the molecule is O=C(c1ccc(NS(=O)(=O)c2cccc([N+](=O)[O-])c2)cc1)N1CCc2[nH]c3ccccc3c2C1. The molecule has 10 heteroatoms. The van der Waals surface area contributed by atoms with Gasteiger partial charge in [0.2, 0.25) is 0 Å². The van der Waals surface area contributed by atoms with Crippen LogP contribution in [0.5, 0.6) is 0 Å². The molecule has 3 aromatic carbocycles. The fourth-order valence-electron chi connectivity index (χ4n) is 4.18. The summed E-state index contributed by atoms with van der Waals surface area (Å²) in [6.45, 7) is 1.08. The van der Waals surface area contributed by atoms with Crippen LogP contribution < -0.4 is 4.72 Å². The van der Waals surface area contributed by atoms with Gasteiger partial charge in [0.15, 0.2) is 0 Å². The van der Waals surface area contributed by atoms with Crippen LogP contribution in [0.15, 0.2) is 77.7 Å². The predicted octanol–water partition coefficient (Wildman–Crippen LogP) is 4.08. The number of hydrogen-bond acceptors (Lipinski definition) is 5. The summed E-state index contributed by atoms with van der Waals surface area (Å²) in [5, 5.41) is 12.1. The Morgan fingerprint density at radius 1 is 1.03 bits per heavy atom. The van der Waals surface area contributed by atoms with Crippen molar-refractivity contribution in [3.8, 4) is 0 Å². The fourth-order valence-corrected chi connectivity index (χ4v) is 5.28. The minimum atomic E-state index is -4.02. The first-order chi connectivity index (χ1) is 16.3. The van der Waals surface area contributed by atoms with Crippen molar-refractivity contribution in [3.63, 3.8) is 0 Å². The molecule has 34 heavy (non-hydrogen) atoms. The molecule has 0 saturated carbocycles. The number of hydrogen-bond donors (Lipinski definition) is 2. The summed E-state index contributed by atoms with van der Waals surface area (Å²) < 4.78 is 27.7. The Labute approximate surface area is 195 Å². The van der Waals surface area contributed by atoms with E-state index in [-0.39, 0.29) is 22.2 Å². The van der Waals surface area contributed by atoms with E-state index in [1.165, 1.54) is 30.3 Å². The van der Waals surface area contributed by atoms with Crippen molar-refractivity contribution >= 4 is 38.2 Å². The Kier molecular flexibility index (Phi) is 5.29. The third-order valence-electron chi connectivity index (χ3n) is 5.89. The van der Waals surface area contributed by atoms with Gasteiger partial charge in [-0.3, -0.25) is 19.6 Å². The van der Waals surface area contributed by atoms with Crippen LogP contribution in [0.25, 0.3) is 10.9 Å². The summed E-state index contributed by atoms with van der Waals surface area (Å²) in [6, 6.07) is 19.0. The van der Waals surface area contributed by atoms with Gasteiger partial charge in [-0.2, -0.15) is 0 Å². The van der Waals surface area contributed by atoms with E-state index < -0.39 is 14.9 Å². The third-order valence-corrected chi connectivity index (χ3v) is 7.27. The minimum absolute atomic E-state index is 0.135. The zero-order valence-electron chi connectivity index (χ0n) is 17.9. The smallest absolute Gasteiger partial charge is 0.270 e. The van der Waals surface area contributed by atoms with E-state index in [0.717, 1.165) is 34.6 Å². The Bertz CT molecular complexity index is 1530. The topological polar surface area (TPSA) is 125 Å². The number of rotatable bonds is 5. The van der Waals surface area contributed by atoms with Gasteiger partial charge in [-0.1, -0.05) is 24.3 Å². The van der Waals surface area contributed by atoms with Gasteiger partial charge in [-0.05, 0) is 36.4 Å². The lowest BCUT2D eigenvalue weighted by molar-refractivity contribution is -0.385. The Morgan fingerprint density at radius 3 is 2.56 bits per heavy atom. The molecule has 2 N–H and O–H groups in total. The molecule has 5 rings (SSSR count). The molecule has 1 aromatic heterocycles. The fraction of sp³-hybridized carbons (Fsp3) is 0.125. The molecule has 1 amide bonds. The number of fused-ring (bicyclic) bond motifs is 3. The van der Waals surface area contributed by atoms with Crippen molar-refractivity contribution in [1.82, 2.24) is 9.88 Å². The molecule has 0 radical (unpaired) electrons. The van der Waals surface area contributed by atoms with Crippen LogP contribution >= 0.6 is 0 Å². The van der Waals surface area contributed by atoms with Crippen LogP contribution in [0.2, 0.25) is 0 Å². The van der Waals surface area contributed by atoms with Gasteiger partial charge in [-0.15, -0.1) is 0 Å². The van der Waals surface area contributed by atoms with E-state index in [4.69, 9.17) is 0 Å². The number of H-pyrrole nitrogens is 1. The van der Waals surface area contributed by atoms with Crippen molar-refractivity contribution < 1.29 is 18.1 Å². The molecule has 4 aromatic rings. The molecule has 0 spiro atoms. The summed E-state index contributed by atoms with van der Waals surface area (Å²) in [5.74, 6) is -0.135. The number of amides is 1. The van der Waals surface area contributed by atoms with Crippen LogP contribution in [0.1, 0.15) is 21.6 Å². The molecule has 0 unspecified atom stereocenters. The number of nitro benzene ring substituents is 1. The summed E-state index contributed by atoms with van der Waals surface area (Å²) in [6.07, 6.45) is 0.733. The molecular formula is C24H20N4O5S. The van der Waals surface area contributed by atoms with Gasteiger partial charge < -0.3 is 9.88 Å². The Balaban J connectivity index is 1.32. The van der Waals surface area contributed by atoms with E-state index in [1.807, 2.05) is 24.3 Å². The summed E-state index contributed by atoms with van der Waals surface area (Å²) >= 11 is 0. The highest BCUT2D eigenvalue weighted by Gasteiger charge is 2.25. The summed E-state index contributed by atoms with van der Waals surface area (Å²) in [4.78, 5) is 28.4. The van der Waals surface area contributed by atoms with E-state index in [9.17, 15) is 23.3 Å². The van der Waals surface area contributed by atoms with E-state index >= 15 is 0 Å². The van der Waals surface area contributed by atoms with Crippen molar-refractivity contribution in [2.24, 2.45) is 0 Å². The molecule has 0 aliphatic carbocycles. The van der Waals surface area contributed by atoms with Crippen molar-refractivity contribution in [2.75, 3.05) is 11.3 Å². The molecule has 1 aliphatic heterocycles. The first-order valence-corrected chi connectivity index (χ1v) is 12.1. The van der Waals surface area contributed by atoms with Crippen LogP contribution in [-0.2, 0) is 23.0 Å². The number of carbonyl (C=O) groups excluding carboxylic acids is 1. The number of non-ortho nitro benzene ring substituents is 1. The second-order valence-electron chi connectivity index (χ2n) is 8.04. The summed E-state index contributed by atoms with van der Waals surface area (Å²) in [5.41, 5.74) is 3.71. The van der Waals surface area contributed by atoms with Crippen molar-refractivity contribution in [3.05, 3.63) is 99.7 Å². The summed E-state index contributed by atoms with van der Waals surface area (Å²) in [7, 11) is -4.02. The number of aromatic nitrogens is 1. The monoisotopic (exact) mass is 476 g/mol. The van der Waals surface area contributed by atoms with E-state index in [1.54, 1.807) is 17.0 Å². The molecule has 0 fully saturated rings. The molecule has 0 atom stereocenters.